The van der Waals surface area contributed by atoms with Gasteiger partial charge >= 0.3 is 11.9 Å². The Morgan fingerprint density at radius 1 is 1.41 bits per heavy atom. The van der Waals surface area contributed by atoms with Crippen LogP contribution in [0.1, 0.15) is 40.0 Å². The fourth-order valence-electron chi connectivity index (χ4n) is 2.15. The number of aliphatic carboxylic acids is 1. The standard InChI is InChI=1S/C14H21F2NO5/c1-13(2,3)22-12(21)9(6-11(19)20)7-17-8-14(15,16)5-4-10(17)18/h9H,4-8H2,1-3H3,(H,19,20). The molecule has 22 heavy (non-hydrogen) atoms. The number of likely N-dealkylation sites (tertiary alicyclic amines) is 1. The Hall–Kier alpha value is -1.73. The van der Waals surface area contributed by atoms with Gasteiger partial charge in [-0.15, -0.1) is 0 Å². The van der Waals surface area contributed by atoms with Crippen LogP contribution < -0.4 is 0 Å². The molecule has 6 nitrogen and oxygen atoms in total. The zero-order valence-electron chi connectivity index (χ0n) is 12.9. The molecule has 1 atom stereocenters. The summed E-state index contributed by atoms with van der Waals surface area (Å²) in [5, 5.41) is 8.87. The van der Waals surface area contributed by atoms with E-state index in [4.69, 9.17) is 9.84 Å². The summed E-state index contributed by atoms with van der Waals surface area (Å²) in [6, 6.07) is 0. The summed E-state index contributed by atoms with van der Waals surface area (Å²) in [7, 11) is 0. The second-order valence-electron chi connectivity index (χ2n) is 6.46. The maximum absolute atomic E-state index is 13.4. The molecule has 1 heterocycles. The molecule has 0 saturated carbocycles. The van der Waals surface area contributed by atoms with Crippen LogP contribution in [-0.2, 0) is 19.1 Å². The Labute approximate surface area is 127 Å². The van der Waals surface area contributed by atoms with Gasteiger partial charge in [-0.25, -0.2) is 8.78 Å². The van der Waals surface area contributed by atoms with Crippen LogP contribution in [0.2, 0.25) is 0 Å². The molecule has 0 bridgehead atoms. The van der Waals surface area contributed by atoms with Crippen molar-refractivity contribution in [1.82, 2.24) is 4.90 Å². The van der Waals surface area contributed by atoms with Crippen LogP contribution in [0, 0.1) is 5.92 Å². The highest BCUT2D eigenvalue weighted by molar-refractivity contribution is 5.81. The predicted octanol–water partition coefficient (Wildman–Crippen LogP) is 1.68. The fourth-order valence-corrected chi connectivity index (χ4v) is 2.15. The smallest absolute Gasteiger partial charge is 0.311 e. The van der Waals surface area contributed by atoms with Gasteiger partial charge in [0.15, 0.2) is 0 Å². The van der Waals surface area contributed by atoms with E-state index in [1.54, 1.807) is 20.8 Å². The number of carbonyl (C=O) groups is 3. The first-order chi connectivity index (χ1) is 9.89. The SMILES string of the molecule is CC(C)(C)OC(=O)C(CC(=O)O)CN1CC(F)(F)CCC1=O. The number of esters is 1. The molecule has 0 aromatic heterocycles. The van der Waals surface area contributed by atoms with Crippen LogP contribution in [0.15, 0.2) is 0 Å². The van der Waals surface area contributed by atoms with Crippen LogP contribution in [0.25, 0.3) is 0 Å². The number of alkyl halides is 2. The van der Waals surface area contributed by atoms with Crippen LogP contribution in [0.3, 0.4) is 0 Å². The van der Waals surface area contributed by atoms with Crippen molar-refractivity contribution in [2.24, 2.45) is 5.92 Å². The van der Waals surface area contributed by atoms with Gasteiger partial charge in [0.05, 0.1) is 18.9 Å². The molecule has 1 rings (SSSR count). The van der Waals surface area contributed by atoms with Crippen molar-refractivity contribution in [3.05, 3.63) is 0 Å². The van der Waals surface area contributed by atoms with Gasteiger partial charge in [-0.1, -0.05) is 0 Å². The third-order valence-corrected chi connectivity index (χ3v) is 3.08. The lowest BCUT2D eigenvalue weighted by Gasteiger charge is -2.34. The third kappa shape index (κ3) is 5.95. The summed E-state index contributed by atoms with van der Waals surface area (Å²) >= 11 is 0. The summed E-state index contributed by atoms with van der Waals surface area (Å²) in [5.74, 6) is -6.77. The maximum Gasteiger partial charge on any atom is 0.311 e. The van der Waals surface area contributed by atoms with Crippen molar-refractivity contribution in [2.45, 2.75) is 51.6 Å². The van der Waals surface area contributed by atoms with E-state index in [9.17, 15) is 23.2 Å². The van der Waals surface area contributed by atoms with Crippen molar-refractivity contribution in [3.8, 4) is 0 Å². The van der Waals surface area contributed by atoms with Crippen molar-refractivity contribution in [3.63, 3.8) is 0 Å². The van der Waals surface area contributed by atoms with E-state index in [-0.39, 0.29) is 13.0 Å². The molecule has 0 aliphatic carbocycles. The molecule has 0 radical (unpaired) electrons. The molecule has 1 fully saturated rings. The fraction of sp³-hybridized carbons (Fsp3) is 0.786. The van der Waals surface area contributed by atoms with Crippen molar-refractivity contribution >= 4 is 17.8 Å². The van der Waals surface area contributed by atoms with E-state index in [0.29, 0.717) is 0 Å². The molecule has 1 unspecified atom stereocenters. The Kier molecular flexibility index (Phi) is 5.48. The quantitative estimate of drug-likeness (QED) is 0.779. The molecule has 1 amide bonds. The minimum Gasteiger partial charge on any atom is -0.481 e. The summed E-state index contributed by atoms with van der Waals surface area (Å²) < 4.78 is 31.9. The Morgan fingerprint density at radius 2 is 2.00 bits per heavy atom. The van der Waals surface area contributed by atoms with Gasteiger partial charge in [0, 0.05) is 19.4 Å². The maximum atomic E-state index is 13.4. The van der Waals surface area contributed by atoms with Gasteiger partial charge < -0.3 is 14.7 Å². The molecule has 1 aliphatic rings. The Morgan fingerprint density at radius 3 is 2.50 bits per heavy atom. The second-order valence-corrected chi connectivity index (χ2v) is 6.46. The molecule has 126 valence electrons. The molecular weight excluding hydrogens is 300 g/mol. The number of hydrogen-bond donors (Lipinski definition) is 1. The van der Waals surface area contributed by atoms with Gasteiger partial charge in [0.1, 0.15) is 5.60 Å². The first-order valence-corrected chi connectivity index (χ1v) is 7.00. The van der Waals surface area contributed by atoms with Crippen LogP contribution in [-0.4, -0.2) is 52.5 Å². The minimum absolute atomic E-state index is 0.318. The number of carboxylic acids is 1. The largest absolute Gasteiger partial charge is 0.481 e. The number of piperidine rings is 1. The number of hydrogen-bond acceptors (Lipinski definition) is 4. The van der Waals surface area contributed by atoms with Crippen molar-refractivity contribution < 1.29 is 33.0 Å². The van der Waals surface area contributed by atoms with Gasteiger partial charge in [-0.3, -0.25) is 14.4 Å². The zero-order valence-corrected chi connectivity index (χ0v) is 12.9. The van der Waals surface area contributed by atoms with E-state index < -0.39 is 54.7 Å². The molecule has 8 heteroatoms. The molecule has 0 aromatic rings. The average molecular weight is 321 g/mol. The molecule has 1 saturated heterocycles. The van der Waals surface area contributed by atoms with E-state index >= 15 is 0 Å². The van der Waals surface area contributed by atoms with E-state index in [1.165, 1.54) is 0 Å². The lowest BCUT2D eigenvalue weighted by Crippen LogP contribution is -2.49. The normalized spacial score (nSPS) is 19.7. The topological polar surface area (TPSA) is 83.9 Å². The van der Waals surface area contributed by atoms with Crippen molar-refractivity contribution in [2.75, 3.05) is 13.1 Å². The monoisotopic (exact) mass is 321 g/mol. The highest BCUT2D eigenvalue weighted by atomic mass is 19.3. The average Bonchev–Trinajstić information content (AvgIpc) is 2.30. The van der Waals surface area contributed by atoms with Crippen LogP contribution >= 0.6 is 0 Å². The van der Waals surface area contributed by atoms with Gasteiger partial charge in [0.25, 0.3) is 5.92 Å². The van der Waals surface area contributed by atoms with Crippen molar-refractivity contribution in [1.29, 1.82) is 0 Å². The molecule has 1 N–H and O–H groups in total. The number of rotatable bonds is 5. The Balaban J connectivity index is 2.81. The van der Waals surface area contributed by atoms with Gasteiger partial charge in [-0.2, -0.15) is 0 Å². The highest BCUT2D eigenvalue weighted by Crippen LogP contribution is 2.28. The predicted molar refractivity (Wildman–Crippen MR) is 72.3 cm³/mol. The third-order valence-electron chi connectivity index (χ3n) is 3.08. The van der Waals surface area contributed by atoms with E-state index in [1.807, 2.05) is 0 Å². The van der Waals surface area contributed by atoms with Gasteiger partial charge in [-0.05, 0) is 20.8 Å². The number of halogens is 2. The number of nitrogens with zero attached hydrogens (tertiary/aromatic N) is 1. The van der Waals surface area contributed by atoms with E-state index in [2.05, 4.69) is 0 Å². The van der Waals surface area contributed by atoms with Crippen LogP contribution in [0.4, 0.5) is 8.78 Å². The molecule has 1 aliphatic heterocycles. The lowest BCUT2D eigenvalue weighted by molar-refractivity contribution is -0.166. The number of ether oxygens (including phenoxy) is 1. The minimum atomic E-state index is -3.02. The lowest BCUT2D eigenvalue weighted by atomic mass is 10.0. The first-order valence-electron chi connectivity index (χ1n) is 7.00. The van der Waals surface area contributed by atoms with E-state index in [0.717, 1.165) is 4.90 Å². The molecule has 0 aromatic carbocycles. The highest BCUT2D eigenvalue weighted by Gasteiger charge is 2.41. The number of amides is 1. The Bertz CT molecular complexity index is 459. The second kappa shape index (κ2) is 6.58. The summed E-state index contributed by atoms with van der Waals surface area (Å²) in [4.78, 5) is 35.4. The zero-order chi connectivity index (χ0) is 17.1. The van der Waals surface area contributed by atoms with Gasteiger partial charge in [0.2, 0.25) is 5.91 Å². The first kappa shape index (κ1) is 18.3. The summed E-state index contributed by atoms with van der Waals surface area (Å²) in [6.45, 7) is 3.66. The number of carbonyl (C=O) groups excluding carboxylic acids is 2. The summed E-state index contributed by atoms with van der Waals surface area (Å²) in [5.41, 5.74) is -0.830. The molecular formula is C14H21F2NO5. The van der Waals surface area contributed by atoms with Crippen LogP contribution in [0.5, 0.6) is 0 Å². The number of carboxylic acid groups (broad SMARTS) is 1. The summed E-state index contributed by atoms with van der Waals surface area (Å²) in [6.07, 6.45) is -1.43. The molecule has 0 spiro atoms.